The first-order chi connectivity index (χ1) is 9.29. The molecule has 0 saturated carbocycles. The molecule has 1 heterocycles. The zero-order valence-electron chi connectivity index (χ0n) is 10.2. The van der Waals surface area contributed by atoms with Gasteiger partial charge in [0.25, 0.3) is 6.29 Å². The standard InChI is InChI=1S/C13H9F3O4/c1-7-6-10(19-11(7)17)20-12(18)8-4-2-3-5-9(8)13(14,15)16/h2-6,10H,1H3/t10-/m0/s1. The number of cyclic esters (lactones) is 1. The minimum Gasteiger partial charge on any atom is -0.418 e. The number of hydrogen-bond acceptors (Lipinski definition) is 4. The van der Waals surface area contributed by atoms with Gasteiger partial charge in [-0.15, -0.1) is 0 Å². The number of alkyl halides is 3. The van der Waals surface area contributed by atoms with Crippen molar-refractivity contribution in [1.29, 1.82) is 0 Å². The number of carbonyl (C=O) groups excluding carboxylic acids is 2. The summed E-state index contributed by atoms with van der Waals surface area (Å²) in [5.74, 6) is -1.88. The van der Waals surface area contributed by atoms with E-state index in [0.717, 1.165) is 12.1 Å². The highest BCUT2D eigenvalue weighted by atomic mass is 19.4. The van der Waals surface area contributed by atoms with E-state index in [-0.39, 0.29) is 5.57 Å². The van der Waals surface area contributed by atoms with Crippen LogP contribution in [0, 0.1) is 0 Å². The molecule has 1 aliphatic heterocycles. The van der Waals surface area contributed by atoms with E-state index < -0.39 is 35.5 Å². The lowest BCUT2D eigenvalue weighted by Gasteiger charge is -2.14. The number of carbonyl (C=O) groups is 2. The maximum Gasteiger partial charge on any atom is 0.417 e. The summed E-state index contributed by atoms with van der Waals surface area (Å²) in [5.41, 5.74) is -1.50. The lowest BCUT2D eigenvalue weighted by Crippen LogP contribution is -2.21. The van der Waals surface area contributed by atoms with Crippen LogP contribution in [0.1, 0.15) is 22.8 Å². The molecular formula is C13H9F3O4. The van der Waals surface area contributed by atoms with Gasteiger partial charge in [-0.2, -0.15) is 13.2 Å². The summed E-state index contributed by atoms with van der Waals surface area (Å²) >= 11 is 0. The van der Waals surface area contributed by atoms with Crippen molar-refractivity contribution < 1.29 is 32.2 Å². The molecule has 1 atom stereocenters. The topological polar surface area (TPSA) is 52.6 Å². The average molecular weight is 286 g/mol. The third-order valence-electron chi connectivity index (χ3n) is 2.61. The summed E-state index contributed by atoms with van der Waals surface area (Å²) in [5, 5.41) is 0. The third kappa shape index (κ3) is 2.81. The molecule has 0 radical (unpaired) electrons. The molecule has 1 aliphatic rings. The Morgan fingerprint density at radius 1 is 1.30 bits per heavy atom. The predicted octanol–water partition coefficient (Wildman–Crippen LogP) is 2.69. The normalized spacial score (nSPS) is 18.5. The van der Waals surface area contributed by atoms with Crippen LogP contribution in [0.4, 0.5) is 13.2 Å². The van der Waals surface area contributed by atoms with E-state index in [1.165, 1.54) is 25.1 Å². The van der Waals surface area contributed by atoms with E-state index in [1.807, 2.05) is 0 Å². The second kappa shape index (κ2) is 4.99. The van der Waals surface area contributed by atoms with Gasteiger partial charge in [0, 0.05) is 11.6 Å². The molecule has 1 aromatic rings. The van der Waals surface area contributed by atoms with Crippen molar-refractivity contribution in [2.45, 2.75) is 19.4 Å². The van der Waals surface area contributed by atoms with Crippen LogP contribution < -0.4 is 0 Å². The molecule has 2 rings (SSSR count). The van der Waals surface area contributed by atoms with E-state index >= 15 is 0 Å². The van der Waals surface area contributed by atoms with Gasteiger partial charge < -0.3 is 9.47 Å². The van der Waals surface area contributed by atoms with Crippen LogP contribution in [-0.4, -0.2) is 18.2 Å². The third-order valence-corrected chi connectivity index (χ3v) is 2.61. The Hall–Kier alpha value is -2.31. The SMILES string of the molecule is CC1=C[C@H](OC(=O)c2ccccc2C(F)(F)F)OC1=O. The van der Waals surface area contributed by atoms with Crippen molar-refractivity contribution in [3.05, 3.63) is 47.0 Å². The van der Waals surface area contributed by atoms with E-state index in [4.69, 9.17) is 4.74 Å². The molecule has 0 unspecified atom stereocenters. The van der Waals surface area contributed by atoms with Crippen molar-refractivity contribution in [2.75, 3.05) is 0 Å². The smallest absolute Gasteiger partial charge is 0.417 e. The summed E-state index contributed by atoms with van der Waals surface area (Å²) in [7, 11) is 0. The van der Waals surface area contributed by atoms with Gasteiger partial charge in [0.1, 0.15) is 0 Å². The minimum atomic E-state index is -4.67. The minimum absolute atomic E-state index is 0.229. The van der Waals surface area contributed by atoms with Crippen LogP contribution in [0.15, 0.2) is 35.9 Å². The first-order valence-electron chi connectivity index (χ1n) is 5.55. The van der Waals surface area contributed by atoms with Gasteiger partial charge in [0.2, 0.25) is 0 Å². The molecule has 0 aromatic heterocycles. The summed E-state index contributed by atoms with van der Waals surface area (Å²) in [6.07, 6.45) is -4.75. The Balaban J connectivity index is 2.21. The highest BCUT2D eigenvalue weighted by Crippen LogP contribution is 2.32. The van der Waals surface area contributed by atoms with Crippen LogP contribution in [0.5, 0.6) is 0 Å². The Morgan fingerprint density at radius 2 is 1.95 bits per heavy atom. The van der Waals surface area contributed by atoms with Gasteiger partial charge >= 0.3 is 18.1 Å². The quantitative estimate of drug-likeness (QED) is 0.784. The lowest BCUT2D eigenvalue weighted by atomic mass is 10.1. The van der Waals surface area contributed by atoms with Crippen LogP contribution in [0.3, 0.4) is 0 Å². The lowest BCUT2D eigenvalue weighted by molar-refractivity contribution is -0.152. The average Bonchev–Trinajstić information content (AvgIpc) is 2.67. The fraction of sp³-hybridized carbons (Fsp3) is 0.231. The molecule has 0 fully saturated rings. The van der Waals surface area contributed by atoms with E-state index in [0.29, 0.717) is 0 Å². The Morgan fingerprint density at radius 3 is 2.50 bits per heavy atom. The second-order valence-electron chi connectivity index (χ2n) is 4.07. The molecular weight excluding hydrogens is 277 g/mol. The van der Waals surface area contributed by atoms with Gasteiger partial charge in [-0.1, -0.05) is 12.1 Å². The first-order valence-corrected chi connectivity index (χ1v) is 5.55. The molecule has 0 amide bonds. The van der Waals surface area contributed by atoms with Crippen molar-refractivity contribution in [2.24, 2.45) is 0 Å². The summed E-state index contributed by atoms with van der Waals surface area (Å²) in [6.45, 7) is 1.44. The molecule has 1 aromatic carbocycles. The molecule has 7 heteroatoms. The zero-order valence-corrected chi connectivity index (χ0v) is 10.2. The molecule has 0 bridgehead atoms. The van der Waals surface area contributed by atoms with Crippen LogP contribution in [-0.2, 0) is 20.4 Å². The molecule has 4 nitrogen and oxygen atoms in total. The van der Waals surface area contributed by atoms with Gasteiger partial charge in [-0.05, 0) is 19.1 Å². The number of halogens is 3. The van der Waals surface area contributed by atoms with E-state index in [2.05, 4.69) is 4.74 Å². The van der Waals surface area contributed by atoms with Crippen molar-refractivity contribution in [1.82, 2.24) is 0 Å². The molecule has 0 aliphatic carbocycles. The van der Waals surface area contributed by atoms with Crippen molar-refractivity contribution in [3.63, 3.8) is 0 Å². The van der Waals surface area contributed by atoms with Crippen LogP contribution >= 0.6 is 0 Å². The largest absolute Gasteiger partial charge is 0.418 e. The van der Waals surface area contributed by atoms with Crippen LogP contribution in [0.25, 0.3) is 0 Å². The zero-order chi connectivity index (χ0) is 14.9. The number of esters is 2. The number of hydrogen-bond donors (Lipinski definition) is 0. The summed E-state index contributed by atoms with van der Waals surface area (Å²) < 4.78 is 47.6. The van der Waals surface area contributed by atoms with Gasteiger partial charge in [-0.25, -0.2) is 9.59 Å². The Bertz CT molecular complexity index is 590. The Labute approximate surface area is 111 Å². The van der Waals surface area contributed by atoms with Crippen LogP contribution in [0.2, 0.25) is 0 Å². The number of ether oxygens (including phenoxy) is 2. The fourth-order valence-electron chi connectivity index (χ4n) is 1.64. The Kier molecular flexibility index (Phi) is 3.52. The van der Waals surface area contributed by atoms with Gasteiger partial charge in [-0.3, -0.25) is 0 Å². The van der Waals surface area contributed by atoms with Crippen molar-refractivity contribution >= 4 is 11.9 Å². The maximum atomic E-state index is 12.7. The number of benzene rings is 1. The van der Waals surface area contributed by atoms with E-state index in [9.17, 15) is 22.8 Å². The fourth-order valence-corrected chi connectivity index (χ4v) is 1.64. The molecule has 20 heavy (non-hydrogen) atoms. The summed E-state index contributed by atoms with van der Waals surface area (Å²) in [4.78, 5) is 22.8. The van der Waals surface area contributed by atoms with Gasteiger partial charge in [0.05, 0.1) is 11.1 Å². The summed E-state index contributed by atoms with van der Waals surface area (Å²) in [6, 6.07) is 4.23. The highest BCUT2D eigenvalue weighted by Gasteiger charge is 2.36. The molecule has 0 spiro atoms. The molecule has 0 saturated heterocycles. The first kappa shape index (κ1) is 14.1. The predicted molar refractivity (Wildman–Crippen MR) is 60.5 cm³/mol. The molecule has 0 N–H and O–H groups in total. The number of rotatable bonds is 2. The van der Waals surface area contributed by atoms with Crippen molar-refractivity contribution in [3.8, 4) is 0 Å². The maximum absolute atomic E-state index is 12.7. The highest BCUT2D eigenvalue weighted by molar-refractivity contribution is 5.93. The monoisotopic (exact) mass is 286 g/mol. The van der Waals surface area contributed by atoms with E-state index in [1.54, 1.807) is 0 Å². The van der Waals surface area contributed by atoms with Gasteiger partial charge in [0.15, 0.2) is 0 Å². The second-order valence-corrected chi connectivity index (χ2v) is 4.07. The molecule has 106 valence electrons.